The first-order valence-electron chi connectivity index (χ1n) is 5.30. The number of nitrogen functional groups attached to an aromatic ring is 1. The zero-order valence-corrected chi connectivity index (χ0v) is 11.1. The first-order chi connectivity index (χ1) is 7.24. The molecule has 84 valence electrons. The fraction of sp³-hybridized carbons (Fsp3) is 0.500. The number of rotatable bonds is 6. The summed E-state index contributed by atoms with van der Waals surface area (Å²) in [6.45, 7) is 4.31. The summed E-state index contributed by atoms with van der Waals surface area (Å²) < 4.78 is 0. The second-order valence-corrected chi connectivity index (χ2v) is 5.97. The number of hydrogen-bond donors (Lipinski definition) is 1. The summed E-state index contributed by atoms with van der Waals surface area (Å²) in [5.74, 6) is 3.65. The molecule has 0 radical (unpaired) electrons. The molecule has 0 aliphatic rings. The number of nitrogens with two attached hydrogens (primary N) is 1. The second-order valence-electron chi connectivity index (χ2n) is 3.44. The van der Waals surface area contributed by atoms with Crippen molar-refractivity contribution in [1.29, 1.82) is 0 Å². The minimum absolute atomic E-state index is 0.911. The summed E-state index contributed by atoms with van der Waals surface area (Å²) in [6, 6.07) is 6.23. The zero-order chi connectivity index (χ0) is 11.1. The van der Waals surface area contributed by atoms with Gasteiger partial charge in [-0.2, -0.15) is 11.8 Å². The molecule has 0 fully saturated rings. The number of anilines is 1. The predicted molar refractivity (Wildman–Crippen MR) is 73.9 cm³/mol. The van der Waals surface area contributed by atoms with Crippen molar-refractivity contribution in [3.63, 3.8) is 0 Å². The third-order valence-electron chi connectivity index (χ3n) is 2.06. The van der Waals surface area contributed by atoms with Gasteiger partial charge in [-0.15, -0.1) is 11.8 Å². The van der Waals surface area contributed by atoms with E-state index in [1.165, 1.54) is 34.1 Å². The molecule has 0 aromatic heterocycles. The molecule has 0 atom stereocenters. The lowest BCUT2D eigenvalue weighted by molar-refractivity contribution is 1.12. The van der Waals surface area contributed by atoms with Crippen molar-refractivity contribution in [3.05, 3.63) is 23.8 Å². The van der Waals surface area contributed by atoms with Crippen LogP contribution in [0.3, 0.4) is 0 Å². The fourth-order valence-electron chi connectivity index (χ4n) is 1.25. The lowest BCUT2D eigenvalue weighted by Gasteiger charge is -2.06. The monoisotopic (exact) mass is 241 g/mol. The Balaban J connectivity index is 2.33. The van der Waals surface area contributed by atoms with E-state index in [2.05, 4.69) is 26.0 Å². The highest BCUT2D eigenvalue weighted by Gasteiger charge is 1.99. The van der Waals surface area contributed by atoms with E-state index in [9.17, 15) is 0 Å². The van der Waals surface area contributed by atoms with Gasteiger partial charge in [0.25, 0.3) is 0 Å². The summed E-state index contributed by atoms with van der Waals surface area (Å²) in [4.78, 5) is 1.23. The third-order valence-corrected chi connectivity index (χ3v) is 4.21. The summed E-state index contributed by atoms with van der Waals surface area (Å²) in [5.41, 5.74) is 8.10. The maximum atomic E-state index is 5.90. The van der Waals surface area contributed by atoms with Crippen LogP contribution in [0.25, 0.3) is 0 Å². The Hall–Kier alpha value is -0.280. The van der Waals surface area contributed by atoms with Gasteiger partial charge in [-0.1, -0.05) is 13.0 Å². The summed E-state index contributed by atoms with van der Waals surface area (Å²) >= 11 is 3.88. The molecule has 2 N–H and O–H groups in total. The molecule has 0 heterocycles. The van der Waals surface area contributed by atoms with Crippen LogP contribution in [0.2, 0.25) is 0 Å². The van der Waals surface area contributed by atoms with Gasteiger partial charge in [0.15, 0.2) is 0 Å². The van der Waals surface area contributed by atoms with E-state index in [4.69, 9.17) is 5.73 Å². The van der Waals surface area contributed by atoms with E-state index in [0.717, 1.165) is 5.69 Å². The van der Waals surface area contributed by atoms with Crippen LogP contribution in [0.5, 0.6) is 0 Å². The molecule has 0 saturated carbocycles. The number of aryl methyl sites for hydroxylation is 1. The van der Waals surface area contributed by atoms with E-state index in [1.807, 2.05) is 29.6 Å². The molecule has 0 spiro atoms. The maximum Gasteiger partial charge on any atom is 0.0452 e. The molecule has 1 rings (SSSR count). The van der Waals surface area contributed by atoms with Crippen LogP contribution < -0.4 is 5.73 Å². The van der Waals surface area contributed by atoms with Crippen LogP contribution in [0, 0.1) is 6.92 Å². The number of thioether (sulfide) groups is 2. The Kier molecular flexibility index (Phi) is 6.03. The van der Waals surface area contributed by atoms with Crippen molar-refractivity contribution >= 4 is 29.2 Å². The fourth-order valence-corrected chi connectivity index (χ4v) is 3.09. The highest BCUT2D eigenvalue weighted by molar-refractivity contribution is 8.00. The summed E-state index contributed by atoms with van der Waals surface area (Å²) in [5, 5.41) is 0. The van der Waals surface area contributed by atoms with Crippen LogP contribution in [0.15, 0.2) is 23.1 Å². The second kappa shape index (κ2) is 7.07. The van der Waals surface area contributed by atoms with Crippen LogP contribution in [-0.2, 0) is 0 Å². The van der Waals surface area contributed by atoms with Gasteiger partial charge in [0.05, 0.1) is 0 Å². The van der Waals surface area contributed by atoms with Gasteiger partial charge in [-0.25, -0.2) is 0 Å². The van der Waals surface area contributed by atoms with Crippen molar-refractivity contribution in [1.82, 2.24) is 0 Å². The minimum atomic E-state index is 0.911. The molecule has 1 aromatic carbocycles. The molecule has 3 heteroatoms. The van der Waals surface area contributed by atoms with Crippen molar-refractivity contribution in [2.75, 3.05) is 23.0 Å². The normalized spacial score (nSPS) is 10.5. The average molecular weight is 241 g/mol. The van der Waals surface area contributed by atoms with Gasteiger partial charge < -0.3 is 5.73 Å². The summed E-state index contributed by atoms with van der Waals surface area (Å²) in [6.07, 6.45) is 1.26. The van der Waals surface area contributed by atoms with Crippen LogP contribution in [0.1, 0.15) is 18.9 Å². The highest BCUT2D eigenvalue weighted by Crippen LogP contribution is 2.26. The van der Waals surface area contributed by atoms with E-state index in [-0.39, 0.29) is 0 Å². The smallest absolute Gasteiger partial charge is 0.0452 e. The average Bonchev–Trinajstić information content (AvgIpc) is 2.23. The van der Waals surface area contributed by atoms with Crippen LogP contribution >= 0.6 is 23.5 Å². The van der Waals surface area contributed by atoms with Crippen LogP contribution in [0.4, 0.5) is 5.69 Å². The molecule has 0 aliphatic carbocycles. The topological polar surface area (TPSA) is 26.0 Å². The van der Waals surface area contributed by atoms with E-state index >= 15 is 0 Å². The van der Waals surface area contributed by atoms with Crippen molar-refractivity contribution in [3.8, 4) is 0 Å². The van der Waals surface area contributed by atoms with Gasteiger partial charge >= 0.3 is 0 Å². The van der Waals surface area contributed by atoms with Gasteiger partial charge in [0.2, 0.25) is 0 Å². The highest BCUT2D eigenvalue weighted by atomic mass is 32.2. The molecule has 15 heavy (non-hydrogen) atoms. The lowest BCUT2D eigenvalue weighted by atomic mass is 10.2. The lowest BCUT2D eigenvalue weighted by Crippen LogP contribution is -1.91. The first-order valence-corrected chi connectivity index (χ1v) is 7.44. The first kappa shape index (κ1) is 12.8. The largest absolute Gasteiger partial charge is 0.398 e. The minimum Gasteiger partial charge on any atom is -0.398 e. The zero-order valence-electron chi connectivity index (χ0n) is 9.45. The Bertz CT molecular complexity index is 300. The SMILES string of the molecule is CCSCCCSc1cc(C)ccc1N. The van der Waals surface area contributed by atoms with Gasteiger partial charge in [0, 0.05) is 10.6 Å². The molecule has 0 bridgehead atoms. The molecular weight excluding hydrogens is 222 g/mol. The Morgan fingerprint density at radius 3 is 2.80 bits per heavy atom. The number of benzene rings is 1. The molecule has 0 amide bonds. The number of hydrogen-bond acceptors (Lipinski definition) is 3. The summed E-state index contributed by atoms with van der Waals surface area (Å²) in [7, 11) is 0. The van der Waals surface area contributed by atoms with Crippen molar-refractivity contribution in [2.45, 2.75) is 25.2 Å². The van der Waals surface area contributed by atoms with E-state index in [0.29, 0.717) is 0 Å². The molecule has 0 saturated heterocycles. The maximum absolute atomic E-state index is 5.90. The molecular formula is C12H19NS2. The predicted octanol–water partition coefficient (Wildman–Crippen LogP) is 3.81. The van der Waals surface area contributed by atoms with E-state index in [1.54, 1.807) is 0 Å². The molecule has 0 aliphatic heterocycles. The Morgan fingerprint density at radius 2 is 2.07 bits per heavy atom. The molecule has 0 unspecified atom stereocenters. The van der Waals surface area contributed by atoms with Crippen molar-refractivity contribution < 1.29 is 0 Å². The standard InChI is InChI=1S/C12H19NS2/c1-3-14-7-4-8-15-12-9-10(2)5-6-11(12)13/h5-6,9H,3-4,7-8,13H2,1-2H3. The molecule has 1 aromatic rings. The Labute approximate surface area is 101 Å². The van der Waals surface area contributed by atoms with Crippen LogP contribution in [-0.4, -0.2) is 17.3 Å². The van der Waals surface area contributed by atoms with Crippen molar-refractivity contribution in [2.24, 2.45) is 0 Å². The van der Waals surface area contributed by atoms with Gasteiger partial charge in [0.1, 0.15) is 0 Å². The van der Waals surface area contributed by atoms with Gasteiger partial charge in [-0.3, -0.25) is 0 Å². The van der Waals surface area contributed by atoms with Gasteiger partial charge in [-0.05, 0) is 48.3 Å². The quantitative estimate of drug-likeness (QED) is 0.466. The third kappa shape index (κ3) is 4.85. The Morgan fingerprint density at radius 1 is 1.27 bits per heavy atom. The van der Waals surface area contributed by atoms with E-state index < -0.39 is 0 Å². The molecule has 1 nitrogen and oxygen atoms in total.